The van der Waals surface area contributed by atoms with Gasteiger partial charge in [-0.25, -0.2) is 4.79 Å². The van der Waals surface area contributed by atoms with Crippen molar-refractivity contribution in [2.24, 2.45) is 0 Å². The van der Waals surface area contributed by atoms with Crippen LogP contribution < -0.4 is 0 Å². The smallest absolute Gasteiger partial charge is 0.416 e. The van der Waals surface area contributed by atoms with Gasteiger partial charge in [-0.2, -0.15) is 0 Å². The molecule has 0 aliphatic carbocycles. The van der Waals surface area contributed by atoms with Crippen LogP contribution in [-0.4, -0.2) is 6.47 Å². The van der Waals surface area contributed by atoms with Crippen molar-refractivity contribution in [1.82, 2.24) is 0 Å². The van der Waals surface area contributed by atoms with E-state index in [9.17, 15) is 4.79 Å². The van der Waals surface area contributed by atoms with Crippen LogP contribution in [0.25, 0.3) is 0 Å². The number of alkyl halides is 2. The van der Waals surface area contributed by atoms with Crippen LogP contribution >= 0.6 is 23.2 Å². The molecule has 0 spiro atoms. The Morgan fingerprint density at radius 2 is 1.83 bits per heavy atom. The first-order chi connectivity index (χ1) is 5.67. The normalized spacial score (nSPS) is 10.8. The highest BCUT2D eigenvalue weighted by molar-refractivity contribution is 6.47. The van der Waals surface area contributed by atoms with E-state index in [1.165, 1.54) is 6.47 Å². The summed E-state index contributed by atoms with van der Waals surface area (Å²) in [5.41, 5.74) is 0.497. The second-order valence-electron chi connectivity index (χ2n) is 2.07. The molecule has 0 saturated heterocycles. The molecule has 1 aromatic rings. The minimum Gasteiger partial charge on any atom is -0.416 e. The van der Waals surface area contributed by atoms with Gasteiger partial charge in [-0.1, -0.05) is 53.5 Å². The minimum absolute atomic E-state index is 0.497. The second kappa shape index (κ2) is 3.78. The highest BCUT2D eigenvalue weighted by Crippen LogP contribution is 2.33. The molecule has 0 atom stereocenters. The molecular formula is C8H5Cl2O2. The Bertz CT molecular complexity index is 259. The Kier molecular flexibility index (Phi) is 2.95. The van der Waals surface area contributed by atoms with E-state index in [0.29, 0.717) is 5.56 Å². The third-order valence-corrected chi connectivity index (χ3v) is 1.87. The average Bonchev–Trinajstić information content (AvgIpc) is 2.06. The summed E-state index contributed by atoms with van der Waals surface area (Å²) < 4.78 is 2.70. The fourth-order valence-electron chi connectivity index (χ4n) is 0.743. The van der Waals surface area contributed by atoms with Gasteiger partial charge in [0.25, 0.3) is 4.52 Å². The van der Waals surface area contributed by atoms with Crippen LogP contribution in [0.2, 0.25) is 0 Å². The van der Waals surface area contributed by atoms with Crippen molar-refractivity contribution >= 4 is 29.7 Å². The molecule has 1 aromatic carbocycles. The summed E-state index contributed by atoms with van der Waals surface area (Å²) in [6, 6.07) is 8.58. The van der Waals surface area contributed by atoms with Crippen LogP contribution in [-0.2, 0) is 14.1 Å². The molecule has 0 aromatic heterocycles. The van der Waals surface area contributed by atoms with E-state index >= 15 is 0 Å². The van der Waals surface area contributed by atoms with Gasteiger partial charge >= 0.3 is 6.47 Å². The fraction of sp³-hybridized carbons (Fsp3) is 0.125. The largest absolute Gasteiger partial charge is 0.420 e. The Hall–Kier alpha value is -0.730. The predicted octanol–water partition coefficient (Wildman–Crippen LogP) is 2.36. The first kappa shape index (κ1) is 9.36. The number of ether oxygens (including phenoxy) is 1. The SMILES string of the molecule is O=[C]OC(Cl)(Cl)c1ccccc1. The molecule has 0 heterocycles. The third kappa shape index (κ3) is 2.13. The van der Waals surface area contributed by atoms with Crippen molar-refractivity contribution in [2.45, 2.75) is 4.52 Å². The van der Waals surface area contributed by atoms with Crippen LogP contribution in [0.1, 0.15) is 5.56 Å². The van der Waals surface area contributed by atoms with Crippen LogP contribution in [0.15, 0.2) is 30.3 Å². The lowest BCUT2D eigenvalue weighted by Crippen LogP contribution is -2.13. The number of hydrogen-bond donors (Lipinski definition) is 0. The minimum atomic E-state index is -1.64. The fourth-order valence-corrected chi connectivity index (χ4v) is 1.06. The van der Waals surface area contributed by atoms with E-state index in [2.05, 4.69) is 4.74 Å². The summed E-state index contributed by atoms with van der Waals surface area (Å²) in [5, 5.41) is 0. The summed E-state index contributed by atoms with van der Waals surface area (Å²) in [7, 11) is 0. The third-order valence-electron chi connectivity index (χ3n) is 1.28. The molecule has 1 radical (unpaired) electrons. The van der Waals surface area contributed by atoms with Gasteiger partial charge < -0.3 is 4.74 Å². The number of rotatable bonds is 3. The number of halogens is 2. The lowest BCUT2D eigenvalue weighted by Gasteiger charge is -2.15. The zero-order valence-corrected chi connectivity index (χ0v) is 7.47. The molecule has 0 bridgehead atoms. The Morgan fingerprint density at radius 3 is 2.33 bits per heavy atom. The van der Waals surface area contributed by atoms with E-state index in [1.807, 2.05) is 0 Å². The summed E-state index contributed by atoms with van der Waals surface area (Å²) in [5.74, 6) is 0. The van der Waals surface area contributed by atoms with Crippen molar-refractivity contribution < 1.29 is 9.53 Å². The van der Waals surface area contributed by atoms with Gasteiger partial charge in [0.2, 0.25) is 0 Å². The monoisotopic (exact) mass is 203 g/mol. The molecule has 0 fully saturated rings. The maximum atomic E-state index is 9.88. The van der Waals surface area contributed by atoms with Crippen LogP contribution in [0.4, 0.5) is 0 Å². The molecule has 0 saturated carbocycles. The van der Waals surface area contributed by atoms with E-state index in [4.69, 9.17) is 23.2 Å². The highest BCUT2D eigenvalue weighted by atomic mass is 35.5. The van der Waals surface area contributed by atoms with Gasteiger partial charge in [0, 0.05) is 5.56 Å². The van der Waals surface area contributed by atoms with Gasteiger partial charge in [-0.05, 0) is 0 Å². The van der Waals surface area contributed by atoms with E-state index in [-0.39, 0.29) is 0 Å². The molecule has 2 nitrogen and oxygen atoms in total. The Balaban J connectivity index is 2.89. The summed E-state index contributed by atoms with van der Waals surface area (Å²) in [4.78, 5) is 9.88. The molecule has 1 rings (SSSR count). The van der Waals surface area contributed by atoms with Crippen molar-refractivity contribution in [3.63, 3.8) is 0 Å². The van der Waals surface area contributed by atoms with E-state index in [1.54, 1.807) is 30.3 Å². The number of hydrogen-bond acceptors (Lipinski definition) is 2. The number of carbonyl (C=O) groups excluding carboxylic acids is 1. The van der Waals surface area contributed by atoms with Gasteiger partial charge in [0.1, 0.15) is 0 Å². The van der Waals surface area contributed by atoms with E-state index < -0.39 is 4.52 Å². The predicted molar refractivity (Wildman–Crippen MR) is 46.6 cm³/mol. The molecule has 63 valence electrons. The molecule has 0 aliphatic rings. The van der Waals surface area contributed by atoms with Gasteiger partial charge in [-0.15, -0.1) is 0 Å². The lowest BCUT2D eigenvalue weighted by molar-refractivity contribution is 0.214. The first-order valence-electron chi connectivity index (χ1n) is 3.15. The van der Waals surface area contributed by atoms with Crippen LogP contribution in [0.3, 0.4) is 0 Å². The molecule has 0 N–H and O–H groups in total. The maximum absolute atomic E-state index is 9.88. The average molecular weight is 204 g/mol. The standard InChI is InChI=1S/C8H5Cl2O2/c9-8(10,12-6-11)7-4-2-1-3-5-7/h1-5H. The van der Waals surface area contributed by atoms with Crippen molar-refractivity contribution in [2.75, 3.05) is 0 Å². The summed E-state index contributed by atoms with van der Waals surface area (Å²) in [6.07, 6.45) is 0. The molecule has 0 aliphatic heterocycles. The molecule has 4 heteroatoms. The molecule has 12 heavy (non-hydrogen) atoms. The lowest BCUT2D eigenvalue weighted by atomic mass is 10.2. The second-order valence-corrected chi connectivity index (χ2v) is 3.33. The zero-order chi connectivity index (χ0) is 9.03. The van der Waals surface area contributed by atoms with Gasteiger partial charge in [0.05, 0.1) is 0 Å². The number of benzene rings is 1. The van der Waals surface area contributed by atoms with Crippen molar-refractivity contribution in [3.05, 3.63) is 35.9 Å². The van der Waals surface area contributed by atoms with Crippen molar-refractivity contribution in [3.8, 4) is 0 Å². The summed E-state index contributed by atoms with van der Waals surface area (Å²) >= 11 is 11.3. The highest BCUT2D eigenvalue weighted by Gasteiger charge is 2.28. The topological polar surface area (TPSA) is 26.3 Å². The zero-order valence-electron chi connectivity index (χ0n) is 5.96. The van der Waals surface area contributed by atoms with E-state index in [0.717, 1.165) is 0 Å². The molecule has 0 unspecified atom stereocenters. The van der Waals surface area contributed by atoms with Gasteiger partial charge in [0.15, 0.2) is 0 Å². The molecular weight excluding hydrogens is 199 g/mol. The quantitative estimate of drug-likeness (QED) is 0.706. The Morgan fingerprint density at radius 1 is 1.25 bits per heavy atom. The van der Waals surface area contributed by atoms with Crippen LogP contribution in [0, 0.1) is 0 Å². The molecule has 0 amide bonds. The summed E-state index contributed by atoms with van der Waals surface area (Å²) in [6.45, 7) is 1.19. The Labute approximate surface area is 80.0 Å². The van der Waals surface area contributed by atoms with Crippen molar-refractivity contribution in [1.29, 1.82) is 0 Å². The van der Waals surface area contributed by atoms with Crippen LogP contribution in [0.5, 0.6) is 0 Å². The first-order valence-corrected chi connectivity index (χ1v) is 3.91. The maximum Gasteiger partial charge on any atom is 0.420 e. The van der Waals surface area contributed by atoms with Gasteiger partial charge in [-0.3, -0.25) is 0 Å².